The van der Waals surface area contributed by atoms with Crippen LogP contribution >= 0.6 is 11.6 Å². The maximum Gasteiger partial charge on any atom is 0.322 e. The number of amides is 2. The van der Waals surface area contributed by atoms with Crippen LogP contribution in [-0.2, 0) is 7.05 Å². The van der Waals surface area contributed by atoms with Crippen molar-refractivity contribution in [3.63, 3.8) is 0 Å². The van der Waals surface area contributed by atoms with E-state index < -0.39 is 6.04 Å². The third-order valence-corrected chi connectivity index (χ3v) is 5.58. The first-order valence-electron chi connectivity index (χ1n) is 10.1. The summed E-state index contributed by atoms with van der Waals surface area (Å²) in [6, 6.07) is 12.2. The summed E-state index contributed by atoms with van der Waals surface area (Å²) in [7, 11) is 1.66. The van der Waals surface area contributed by atoms with Crippen LogP contribution in [0.5, 0.6) is 0 Å². The molecule has 30 heavy (non-hydrogen) atoms. The summed E-state index contributed by atoms with van der Waals surface area (Å²) in [5.41, 5.74) is 2.31. The Morgan fingerprint density at radius 1 is 1.17 bits per heavy atom. The molecule has 0 saturated carbocycles. The van der Waals surface area contributed by atoms with Crippen molar-refractivity contribution in [2.24, 2.45) is 7.05 Å². The van der Waals surface area contributed by atoms with Gasteiger partial charge < -0.3 is 10.2 Å². The highest BCUT2D eigenvalue weighted by atomic mass is 35.5. The van der Waals surface area contributed by atoms with Gasteiger partial charge in [0.1, 0.15) is 5.82 Å². The summed E-state index contributed by atoms with van der Waals surface area (Å²) >= 11 is 6.03. The van der Waals surface area contributed by atoms with Gasteiger partial charge in [-0.05, 0) is 55.7 Å². The highest BCUT2D eigenvalue weighted by molar-refractivity contribution is 6.31. The monoisotopic (exact) mass is 426 g/mol. The Morgan fingerprint density at radius 3 is 2.43 bits per heavy atom. The smallest absolute Gasteiger partial charge is 0.315 e. The van der Waals surface area contributed by atoms with Crippen LogP contribution in [0.25, 0.3) is 10.9 Å². The van der Waals surface area contributed by atoms with Gasteiger partial charge in [-0.25, -0.2) is 9.78 Å². The molecule has 6 nitrogen and oxygen atoms in total. The standard InChI is InChI=1S/C23H27ClN4O2/c1-6-28(23(30)25-18-10-7-16(8-11-18)14(2)3)15(4)21-26-20-12-9-17(24)13-19(20)22(29)27(21)5/h7-15H,6H2,1-5H3,(H,25,30). The van der Waals surface area contributed by atoms with Crippen molar-refractivity contribution in [3.05, 3.63) is 69.2 Å². The number of carbonyl (C=O) groups excluding carboxylic acids is 1. The first-order chi connectivity index (χ1) is 14.2. The SMILES string of the molecule is CCN(C(=O)Nc1ccc(C(C)C)cc1)C(C)c1nc2ccc(Cl)cc2c(=O)n1C. The van der Waals surface area contributed by atoms with Gasteiger partial charge in [-0.3, -0.25) is 9.36 Å². The van der Waals surface area contributed by atoms with Gasteiger partial charge in [0, 0.05) is 24.3 Å². The number of urea groups is 1. The zero-order valence-electron chi connectivity index (χ0n) is 17.9. The number of nitrogens with one attached hydrogen (secondary N) is 1. The van der Waals surface area contributed by atoms with Crippen molar-refractivity contribution in [2.75, 3.05) is 11.9 Å². The first kappa shape index (κ1) is 21.8. The molecule has 1 heterocycles. The Labute approximate surface area is 181 Å². The Morgan fingerprint density at radius 2 is 1.83 bits per heavy atom. The molecule has 7 heteroatoms. The Balaban J connectivity index is 1.89. The minimum absolute atomic E-state index is 0.190. The molecule has 0 aliphatic rings. The molecule has 2 amide bonds. The van der Waals surface area contributed by atoms with E-state index in [9.17, 15) is 9.59 Å². The van der Waals surface area contributed by atoms with Crippen LogP contribution in [0.15, 0.2) is 47.3 Å². The number of anilines is 1. The van der Waals surface area contributed by atoms with Gasteiger partial charge in [0.25, 0.3) is 5.56 Å². The number of fused-ring (bicyclic) bond motifs is 1. The summed E-state index contributed by atoms with van der Waals surface area (Å²) in [6.45, 7) is 8.49. The molecule has 1 N–H and O–H groups in total. The molecule has 0 saturated heterocycles. The van der Waals surface area contributed by atoms with E-state index in [0.29, 0.717) is 34.2 Å². The predicted octanol–water partition coefficient (Wildman–Crippen LogP) is 5.33. The minimum atomic E-state index is -0.400. The lowest BCUT2D eigenvalue weighted by atomic mass is 10.0. The normalized spacial score (nSPS) is 12.2. The van der Waals surface area contributed by atoms with Crippen molar-refractivity contribution in [3.8, 4) is 0 Å². The molecule has 0 fully saturated rings. The molecule has 3 rings (SSSR count). The summed E-state index contributed by atoms with van der Waals surface area (Å²) < 4.78 is 1.48. The number of rotatable bonds is 5. The third kappa shape index (κ3) is 4.33. The van der Waals surface area contributed by atoms with Crippen molar-refractivity contribution in [1.82, 2.24) is 14.5 Å². The van der Waals surface area contributed by atoms with E-state index >= 15 is 0 Å². The lowest BCUT2D eigenvalue weighted by Crippen LogP contribution is -2.39. The molecular weight excluding hydrogens is 400 g/mol. The summed E-state index contributed by atoms with van der Waals surface area (Å²) in [4.78, 5) is 32.1. The van der Waals surface area contributed by atoms with E-state index in [1.54, 1.807) is 30.1 Å². The van der Waals surface area contributed by atoms with Crippen molar-refractivity contribution >= 4 is 34.2 Å². The molecule has 1 aromatic heterocycles. The second-order valence-corrected chi connectivity index (χ2v) is 8.10. The van der Waals surface area contributed by atoms with Crippen molar-refractivity contribution < 1.29 is 4.79 Å². The molecule has 1 atom stereocenters. The van der Waals surface area contributed by atoms with Gasteiger partial charge in [-0.2, -0.15) is 0 Å². The molecule has 2 aromatic carbocycles. The van der Waals surface area contributed by atoms with Crippen LogP contribution in [-0.4, -0.2) is 27.0 Å². The van der Waals surface area contributed by atoms with Gasteiger partial charge >= 0.3 is 6.03 Å². The fraction of sp³-hybridized carbons (Fsp3) is 0.348. The number of carbonyl (C=O) groups is 1. The highest BCUT2D eigenvalue weighted by Gasteiger charge is 2.24. The number of halogens is 1. The van der Waals surface area contributed by atoms with Crippen LogP contribution in [0, 0.1) is 0 Å². The summed E-state index contributed by atoms with van der Waals surface area (Å²) in [5.74, 6) is 0.944. The summed E-state index contributed by atoms with van der Waals surface area (Å²) in [5, 5.41) is 3.89. The zero-order chi connectivity index (χ0) is 22.0. The first-order valence-corrected chi connectivity index (χ1v) is 10.4. The second-order valence-electron chi connectivity index (χ2n) is 7.66. The van der Waals surface area contributed by atoms with Gasteiger partial charge in [-0.15, -0.1) is 0 Å². The molecule has 158 valence electrons. The topological polar surface area (TPSA) is 67.2 Å². The van der Waals surface area contributed by atoms with E-state index in [1.165, 1.54) is 10.1 Å². The lowest BCUT2D eigenvalue weighted by molar-refractivity contribution is 0.193. The fourth-order valence-corrected chi connectivity index (χ4v) is 3.69. The second kappa shape index (κ2) is 8.88. The fourth-order valence-electron chi connectivity index (χ4n) is 3.51. The maximum absolute atomic E-state index is 13.0. The maximum atomic E-state index is 13.0. The van der Waals surface area contributed by atoms with E-state index in [-0.39, 0.29) is 11.6 Å². The van der Waals surface area contributed by atoms with E-state index in [4.69, 9.17) is 11.6 Å². The van der Waals surface area contributed by atoms with Gasteiger partial charge in [-0.1, -0.05) is 37.6 Å². The largest absolute Gasteiger partial charge is 0.322 e. The number of hydrogen-bond donors (Lipinski definition) is 1. The van der Waals surface area contributed by atoms with Gasteiger partial charge in [0.15, 0.2) is 0 Å². The van der Waals surface area contributed by atoms with E-state index in [2.05, 4.69) is 24.1 Å². The van der Waals surface area contributed by atoms with Crippen LogP contribution in [0.2, 0.25) is 5.02 Å². The van der Waals surface area contributed by atoms with Crippen LogP contribution in [0.4, 0.5) is 10.5 Å². The zero-order valence-corrected chi connectivity index (χ0v) is 18.7. The van der Waals surface area contributed by atoms with Crippen LogP contribution in [0.3, 0.4) is 0 Å². The number of nitrogens with zero attached hydrogens (tertiary/aromatic N) is 3. The Kier molecular flexibility index (Phi) is 6.46. The molecule has 0 radical (unpaired) electrons. The van der Waals surface area contributed by atoms with E-state index in [0.717, 1.165) is 5.69 Å². The van der Waals surface area contributed by atoms with Crippen LogP contribution in [0.1, 0.15) is 51.0 Å². The van der Waals surface area contributed by atoms with Crippen LogP contribution < -0.4 is 10.9 Å². The molecule has 1 unspecified atom stereocenters. The quantitative estimate of drug-likeness (QED) is 0.599. The molecule has 0 spiro atoms. The molecule has 0 aliphatic heterocycles. The lowest BCUT2D eigenvalue weighted by Gasteiger charge is -2.29. The Hall–Kier alpha value is -2.86. The molecular formula is C23H27ClN4O2. The minimum Gasteiger partial charge on any atom is -0.315 e. The predicted molar refractivity (Wildman–Crippen MR) is 122 cm³/mol. The average molecular weight is 427 g/mol. The van der Waals surface area contributed by atoms with Gasteiger partial charge in [0.2, 0.25) is 0 Å². The average Bonchev–Trinajstić information content (AvgIpc) is 2.71. The van der Waals surface area contributed by atoms with Crippen molar-refractivity contribution in [1.29, 1.82) is 0 Å². The highest BCUT2D eigenvalue weighted by Crippen LogP contribution is 2.23. The third-order valence-electron chi connectivity index (χ3n) is 5.34. The molecule has 0 aliphatic carbocycles. The summed E-state index contributed by atoms with van der Waals surface area (Å²) in [6.07, 6.45) is 0. The van der Waals surface area contributed by atoms with E-state index in [1.807, 2.05) is 38.1 Å². The van der Waals surface area contributed by atoms with Crippen molar-refractivity contribution in [2.45, 2.75) is 39.7 Å². The Bertz CT molecular complexity index is 1120. The molecule has 0 bridgehead atoms. The number of hydrogen-bond acceptors (Lipinski definition) is 3. The van der Waals surface area contributed by atoms with Gasteiger partial charge in [0.05, 0.1) is 16.9 Å². The molecule has 3 aromatic rings. The number of benzene rings is 2. The number of aromatic nitrogens is 2.